The molecule has 6 heteroatoms. The normalized spacial score (nSPS) is 20.3. The van der Waals surface area contributed by atoms with Crippen molar-refractivity contribution in [1.29, 1.82) is 0 Å². The first kappa shape index (κ1) is 18.5. The minimum absolute atomic E-state index is 0.300. The van der Waals surface area contributed by atoms with Crippen molar-refractivity contribution in [3.8, 4) is 0 Å². The van der Waals surface area contributed by atoms with Crippen LogP contribution in [0.5, 0.6) is 0 Å². The van der Waals surface area contributed by atoms with Gasteiger partial charge in [0.05, 0.1) is 19.8 Å². The standard InChI is InChI=1S/C19H30N4OS/c1-2-20-18(21-10-11-23-12-14-24-15-13-23)22-16-19(8-9-19)25-17-6-4-3-5-7-17/h3-7H,2,8-16H2,1H3,(H2,20,21,22). The van der Waals surface area contributed by atoms with Gasteiger partial charge in [0.25, 0.3) is 0 Å². The molecule has 3 rings (SSSR count). The Kier molecular flexibility index (Phi) is 7.02. The van der Waals surface area contributed by atoms with Crippen LogP contribution in [0.2, 0.25) is 0 Å². The maximum atomic E-state index is 5.40. The zero-order chi connectivity index (χ0) is 17.4. The van der Waals surface area contributed by atoms with Crippen LogP contribution < -0.4 is 10.6 Å². The lowest BCUT2D eigenvalue weighted by atomic mass is 10.4. The topological polar surface area (TPSA) is 48.9 Å². The second-order valence-electron chi connectivity index (χ2n) is 6.67. The zero-order valence-corrected chi connectivity index (χ0v) is 16.0. The number of ether oxygens (including phenoxy) is 1. The van der Waals surface area contributed by atoms with Crippen LogP contribution in [0, 0.1) is 0 Å². The lowest BCUT2D eigenvalue weighted by Crippen LogP contribution is -2.44. The fraction of sp³-hybridized carbons (Fsp3) is 0.632. The largest absolute Gasteiger partial charge is 0.379 e. The molecule has 2 fully saturated rings. The number of hydrogen-bond acceptors (Lipinski definition) is 4. The van der Waals surface area contributed by atoms with Crippen LogP contribution in [-0.4, -0.2) is 68.1 Å². The quantitative estimate of drug-likeness (QED) is 0.548. The van der Waals surface area contributed by atoms with Crippen LogP contribution >= 0.6 is 11.8 Å². The summed E-state index contributed by atoms with van der Waals surface area (Å²) in [4.78, 5) is 8.64. The second kappa shape index (κ2) is 9.46. The summed E-state index contributed by atoms with van der Waals surface area (Å²) in [6.45, 7) is 9.62. The Hall–Kier alpha value is -1.24. The van der Waals surface area contributed by atoms with Gasteiger partial charge in [-0.25, -0.2) is 0 Å². The van der Waals surface area contributed by atoms with Crippen molar-refractivity contribution in [2.75, 3.05) is 52.5 Å². The molecule has 1 saturated heterocycles. The summed E-state index contributed by atoms with van der Waals surface area (Å²) < 4.78 is 5.70. The molecule has 0 amide bonds. The molecule has 5 nitrogen and oxygen atoms in total. The van der Waals surface area contributed by atoms with Gasteiger partial charge >= 0.3 is 0 Å². The summed E-state index contributed by atoms with van der Waals surface area (Å²) in [5.41, 5.74) is 0. The fourth-order valence-electron chi connectivity index (χ4n) is 2.89. The van der Waals surface area contributed by atoms with Crippen molar-refractivity contribution >= 4 is 17.7 Å². The molecule has 0 unspecified atom stereocenters. The van der Waals surface area contributed by atoms with Gasteiger partial charge in [0.1, 0.15) is 0 Å². The number of hydrogen-bond donors (Lipinski definition) is 2. The van der Waals surface area contributed by atoms with E-state index in [2.05, 4.69) is 52.8 Å². The van der Waals surface area contributed by atoms with E-state index in [9.17, 15) is 0 Å². The summed E-state index contributed by atoms with van der Waals surface area (Å²) >= 11 is 1.98. The van der Waals surface area contributed by atoms with E-state index < -0.39 is 0 Å². The average molecular weight is 363 g/mol. The third kappa shape index (κ3) is 6.20. The van der Waals surface area contributed by atoms with E-state index in [1.807, 2.05) is 11.8 Å². The van der Waals surface area contributed by atoms with E-state index >= 15 is 0 Å². The number of nitrogens with one attached hydrogen (secondary N) is 2. The Morgan fingerprint density at radius 1 is 1.20 bits per heavy atom. The molecule has 1 saturated carbocycles. The lowest BCUT2D eigenvalue weighted by Gasteiger charge is -2.26. The summed E-state index contributed by atoms with van der Waals surface area (Å²) in [5.74, 6) is 0.940. The molecular weight excluding hydrogens is 332 g/mol. The number of aliphatic imine (C=N–C) groups is 1. The Morgan fingerprint density at radius 3 is 2.64 bits per heavy atom. The van der Waals surface area contributed by atoms with Crippen molar-refractivity contribution in [2.24, 2.45) is 4.99 Å². The molecule has 1 aromatic rings. The minimum atomic E-state index is 0.300. The highest BCUT2D eigenvalue weighted by Gasteiger charge is 2.43. The zero-order valence-electron chi connectivity index (χ0n) is 15.2. The third-order valence-electron chi connectivity index (χ3n) is 4.58. The van der Waals surface area contributed by atoms with Gasteiger partial charge in [0.15, 0.2) is 5.96 Å². The van der Waals surface area contributed by atoms with E-state index in [1.165, 1.54) is 17.7 Å². The Bertz CT molecular complexity index is 542. The molecule has 0 radical (unpaired) electrons. The number of rotatable bonds is 8. The maximum absolute atomic E-state index is 5.40. The minimum Gasteiger partial charge on any atom is -0.379 e. The summed E-state index contributed by atoms with van der Waals surface area (Å²) in [5, 5.41) is 6.85. The van der Waals surface area contributed by atoms with Crippen molar-refractivity contribution < 1.29 is 4.74 Å². The Morgan fingerprint density at radius 2 is 1.96 bits per heavy atom. The van der Waals surface area contributed by atoms with Crippen molar-refractivity contribution in [3.05, 3.63) is 30.3 Å². The number of thioether (sulfide) groups is 1. The molecule has 0 aromatic heterocycles. The lowest BCUT2D eigenvalue weighted by molar-refractivity contribution is 0.0389. The van der Waals surface area contributed by atoms with Gasteiger partial charge in [-0.05, 0) is 31.9 Å². The summed E-state index contributed by atoms with van der Waals surface area (Å²) in [6, 6.07) is 10.7. The number of benzene rings is 1. The first-order valence-corrected chi connectivity index (χ1v) is 10.2. The van der Waals surface area contributed by atoms with Crippen LogP contribution in [0.1, 0.15) is 19.8 Å². The second-order valence-corrected chi connectivity index (χ2v) is 8.22. The predicted octanol–water partition coefficient (Wildman–Crippen LogP) is 2.20. The maximum Gasteiger partial charge on any atom is 0.191 e. The van der Waals surface area contributed by atoms with Crippen LogP contribution in [0.15, 0.2) is 40.2 Å². The third-order valence-corrected chi connectivity index (χ3v) is 6.06. The highest BCUT2D eigenvalue weighted by Crippen LogP contribution is 2.51. The number of morpholine rings is 1. The van der Waals surface area contributed by atoms with Crippen molar-refractivity contribution in [1.82, 2.24) is 15.5 Å². The SMILES string of the molecule is CCNC(=NCC1(Sc2ccccc2)CC1)NCCN1CCOCC1. The average Bonchev–Trinajstić information content (AvgIpc) is 3.41. The van der Waals surface area contributed by atoms with E-state index in [0.717, 1.165) is 58.4 Å². The molecule has 138 valence electrons. The van der Waals surface area contributed by atoms with Crippen LogP contribution in [-0.2, 0) is 4.74 Å². The molecule has 0 atom stereocenters. The van der Waals surface area contributed by atoms with Gasteiger partial charge in [0, 0.05) is 42.4 Å². The number of guanidine groups is 1. The van der Waals surface area contributed by atoms with E-state index in [1.54, 1.807) is 0 Å². The highest BCUT2D eigenvalue weighted by molar-refractivity contribution is 8.01. The van der Waals surface area contributed by atoms with Gasteiger partial charge in [-0.15, -0.1) is 11.8 Å². The molecule has 0 bridgehead atoms. The predicted molar refractivity (Wildman–Crippen MR) is 106 cm³/mol. The molecular formula is C19H30N4OS. The molecule has 1 heterocycles. The molecule has 2 aliphatic rings. The fourth-order valence-corrected chi connectivity index (χ4v) is 4.12. The number of nitrogens with zero attached hydrogens (tertiary/aromatic N) is 2. The van der Waals surface area contributed by atoms with Crippen LogP contribution in [0.25, 0.3) is 0 Å². The van der Waals surface area contributed by atoms with E-state index in [4.69, 9.17) is 9.73 Å². The van der Waals surface area contributed by atoms with E-state index in [0.29, 0.717) is 4.75 Å². The smallest absolute Gasteiger partial charge is 0.191 e. The van der Waals surface area contributed by atoms with E-state index in [-0.39, 0.29) is 0 Å². The Balaban J connectivity index is 1.46. The van der Waals surface area contributed by atoms with Crippen molar-refractivity contribution in [3.63, 3.8) is 0 Å². The summed E-state index contributed by atoms with van der Waals surface area (Å²) in [6.07, 6.45) is 2.51. The van der Waals surface area contributed by atoms with Gasteiger partial charge < -0.3 is 15.4 Å². The first-order chi connectivity index (χ1) is 12.3. The van der Waals surface area contributed by atoms with Gasteiger partial charge in [-0.1, -0.05) is 18.2 Å². The summed E-state index contributed by atoms with van der Waals surface area (Å²) in [7, 11) is 0. The van der Waals surface area contributed by atoms with Gasteiger partial charge in [-0.2, -0.15) is 0 Å². The van der Waals surface area contributed by atoms with Crippen LogP contribution in [0.4, 0.5) is 0 Å². The molecule has 1 aliphatic carbocycles. The van der Waals surface area contributed by atoms with Gasteiger partial charge in [-0.3, -0.25) is 9.89 Å². The van der Waals surface area contributed by atoms with Crippen LogP contribution in [0.3, 0.4) is 0 Å². The monoisotopic (exact) mass is 362 g/mol. The molecule has 2 N–H and O–H groups in total. The molecule has 1 aromatic carbocycles. The first-order valence-electron chi connectivity index (χ1n) is 9.36. The van der Waals surface area contributed by atoms with Crippen molar-refractivity contribution in [2.45, 2.75) is 29.4 Å². The molecule has 1 aliphatic heterocycles. The Labute approximate surface area is 155 Å². The molecule has 0 spiro atoms. The molecule has 25 heavy (non-hydrogen) atoms. The van der Waals surface area contributed by atoms with Gasteiger partial charge in [0.2, 0.25) is 0 Å². The highest BCUT2D eigenvalue weighted by atomic mass is 32.2.